The molecule has 1 aliphatic heterocycles. The highest BCUT2D eigenvalue weighted by atomic mass is 16.5. The number of fused-ring (bicyclic) bond motifs is 4. The number of ether oxygens (including phenoxy) is 2. The zero-order valence-corrected chi connectivity index (χ0v) is 21.0. The van der Waals surface area contributed by atoms with E-state index in [0.29, 0.717) is 12.2 Å². The van der Waals surface area contributed by atoms with Crippen LogP contribution < -0.4 is 4.74 Å². The average molecular weight is 465 g/mol. The monoisotopic (exact) mass is 464 g/mol. The SMILES string of the molecule is Cc1ccc(OC(=O)[C@H]2CC[C@@H]3[C@@]4(C)C(=O)C=CC(C)(C)C4CC[C@@]3(C)[C@@]23COC(=O)C3)cc1. The molecule has 0 amide bonds. The summed E-state index contributed by atoms with van der Waals surface area (Å²) in [4.78, 5) is 39.7. The van der Waals surface area contributed by atoms with Crippen LogP contribution >= 0.6 is 0 Å². The molecule has 0 N–H and O–H groups in total. The number of cyclic esters (lactones) is 1. The number of carbonyl (C=O) groups is 3. The molecule has 1 spiro atoms. The third-order valence-electron chi connectivity index (χ3n) is 10.3. The highest BCUT2D eigenvalue weighted by Crippen LogP contribution is 2.72. The molecule has 6 atom stereocenters. The lowest BCUT2D eigenvalue weighted by atomic mass is 9.35. The van der Waals surface area contributed by atoms with Crippen molar-refractivity contribution in [3.63, 3.8) is 0 Å². The molecule has 34 heavy (non-hydrogen) atoms. The molecule has 0 radical (unpaired) electrons. The van der Waals surface area contributed by atoms with Crippen LogP contribution in [0.1, 0.15) is 65.4 Å². The van der Waals surface area contributed by atoms with Gasteiger partial charge in [0, 0.05) is 10.8 Å². The first kappa shape index (κ1) is 23.3. The van der Waals surface area contributed by atoms with Crippen molar-refractivity contribution in [3.05, 3.63) is 42.0 Å². The van der Waals surface area contributed by atoms with E-state index in [0.717, 1.165) is 24.8 Å². The summed E-state index contributed by atoms with van der Waals surface area (Å²) < 4.78 is 11.5. The molecule has 2 saturated carbocycles. The predicted octanol–water partition coefficient (Wildman–Crippen LogP) is 5.45. The Balaban J connectivity index is 1.54. The number of aryl methyl sites for hydroxylation is 1. The van der Waals surface area contributed by atoms with Gasteiger partial charge in [0.25, 0.3) is 0 Å². The largest absolute Gasteiger partial charge is 0.465 e. The third kappa shape index (κ3) is 3.08. The van der Waals surface area contributed by atoms with E-state index in [2.05, 4.69) is 33.8 Å². The first-order valence-electron chi connectivity index (χ1n) is 12.6. The maximum atomic E-state index is 13.6. The number of carbonyl (C=O) groups excluding carboxylic acids is 3. The standard InChI is InChI=1S/C29H36O5/c1-18-6-8-19(9-7-18)34-25(32)20-10-11-22-27(4,29(20)16-24(31)33-17-29)15-12-21-26(2,3)14-13-23(30)28(21,22)5/h6-9,13-14,20-22H,10-12,15-17H2,1-5H3/t20-,21?,22+,27-,28+,29+/m1/s1. The molecule has 3 aliphatic carbocycles. The van der Waals surface area contributed by atoms with Crippen LogP contribution in [-0.4, -0.2) is 24.3 Å². The Hall–Kier alpha value is -2.43. The van der Waals surface area contributed by atoms with Gasteiger partial charge in [0.2, 0.25) is 0 Å². The molecule has 1 saturated heterocycles. The van der Waals surface area contributed by atoms with Crippen molar-refractivity contribution in [1.82, 2.24) is 0 Å². The Bertz CT molecular complexity index is 1070. The van der Waals surface area contributed by atoms with Crippen molar-refractivity contribution < 1.29 is 23.9 Å². The maximum absolute atomic E-state index is 13.6. The summed E-state index contributed by atoms with van der Waals surface area (Å²) in [5.41, 5.74) is -0.528. The van der Waals surface area contributed by atoms with E-state index in [9.17, 15) is 14.4 Å². The highest BCUT2D eigenvalue weighted by Gasteiger charge is 2.71. The summed E-state index contributed by atoms with van der Waals surface area (Å²) in [6.45, 7) is 11.0. The fourth-order valence-electron chi connectivity index (χ4n) is 8.42. The first-order valence-corrected chi connectivity index (χ1v) is 12.6. The van der Waals surface area contributed by atoms with Crippen molar-refractivity contribution in [2.75, 3.05) is 6.61 Å². The Kier molecular flexibility index (Phi) is 5.17. The van der Waals surface area contributed by atoms with E-state index in [1.54, 1.807) is 6.08 Å². The molecule has 1 aromatic rings. The van der Waals surface area contributed by atoms with Gasteiger partial charge in [0.15, 0.2) is 5.78 Å². The Morgan fingerprint density at radius 1 is 1.00 bits per heavy atom. The van der Waals surface area contributed by atoms with Crippen LogP contribution in [0.5, 0.6) is 5.75 Å². The van der Waals surface area contributed by atoms with Crippen LogP contribution in [0.3, 0.4) is 0 Å². The number of rotatable bonds is 2. The predicted molar refractivity (Wildman–Crippen MR) is 128 cm³/mol. The van der Waals surface area contributed by atoms with Crippen LogP contribution in [0.15, 0.2) is 36.4 Å². The van der Waals surface area contributed by atoms with Crippen LogP contribution in [0.4, 0.5) is 0 Å². The van der Waals surface area contributed by atoms with E-state index in [-0.39, 0.29) is 53.4 Å². The minimum Gasteiger partial charge on any atom is -0.465 e. The fraction of sp³-hybridized carbons (Fsp3) is 0.621. The highest BCUT2D eigenvalue weighted by molar-refractivity contribution is 5.96. The normalized spacial score (nSPS) is 40.4. The second-order valence-electron chi connectivity index (χ2n) is 12.2. The van der Waals surface area contributed by atoms with Crippen LogP contribution in [0.2, 0.25) is 0 Å². The molecule has 5 heteroatoms. The van der Waals surface area contributed by atoms with E-state index in [1.807, 2.05) is 31.2 Å². The molecule has 1 heterocycles. The lowest BCUT2D eigenvalue weighted by Crippen LogP contribution is -2.66. The number of benzene rings is 1. The van der Waals surface area contributed by atoms with E-state index in [1.165, 1.54) is 0 Å². The van der Waals surface area contributed by atoms with E-state index in [4.69, 9.17) is 9.47 Å². The summed E-state index contributed by atoms with van der Waals surface area (Å²) in [6.07, 6.45) is 7.19. The van der Waals surface area contributed by atoms with Crippen LogP contribution in [-0.2, 0) is 19.1 Å². The van der Waals surface area contributed by atoms with E-state index >= 15 is 0 Å². The van der Waals surface area contributed by atoms with Gasteiger partial charge in [-0.3, -0.25) is 14.4 Å². The molecule has 3 fully saturated rings. The van der Waals surface area contributed by atoms with Gasteiger partial charge >= 0.3 is 11.9 Å². The molecular weight excluding hydrogens is 428 g/mol. The zero-order chi connectivity index (χ0) is 24.5. The Morgan fingerprint density at radius 2 is 1.71 bits per heavy atom. The minimum absolute atomic E-state index is 0.0691. The summed E-state index contributed by atoms with van der Waals surface area (Å²) in [6, 6.07) is 7.46. The molecule has 182 valence electrons. The lowest BCUT2D eigenvalue weighted by Gasteiger charge is -2.66. The Labute approximate surface area is 202 Å². The summed E-state index contributed by atoms with van der Waals surface area (Å²) in [5, 5.41) is 0. The van der Waals surface area contributed by atoms with Gasteiger partial charge in [0.05, 0.1) is 18.9 Å². The minimum atomic E-state index is -0.658. The number of hydrogen-bond donors (Lipinski definition) is 0. The van der Waals surface area contributed by atoms with Gasteiger partial charge in [-0.15, -0.1) is 0 Å². The first-order chi connectivity index (χ1) is 15.9. The second kappa shape index (κ2) is 7.53. The molecule has 1 unspecified atom stereocenters. The maximum Gasteiger partial charge on any atom is 0.315 e. The topological polar surface area (TPSA) is 69.7 Å². The molecule has 4 aliphatic rings. The third-order valence-corrected chi connectivity index (χ3v) is 10.3. The van der Waals surface area contributed by atoms with Gasteiger partial charge in [-0.1, -0.05) is 51.5 Å². The smallest absolute Gasteiger partial charge is 0.315 e. The van der Waals surface area contributed by atoms with Crippen molar-refractivity contribution >= 4 is 17.7 Å². The second-order valence-corrected chi connectivity index (χ2v) is 12.2. The molecule has 0 bridgehead atoms. The number of allylic oxidation sites excluding steroid dienone is 2. The summed E-state index contributed by atoms with van der Waals surface area (Å²) >= 11 is 0. The van der Waals surface area contributed by atoms with E-state index < -0.39 is 16.7 Å². The molecule has 0 aromatic heterocycles. The van der Waals surface area contributed by atoms with Crippen molar-refractivity contribution in [2.24, 2.45) is 39.4 Å². The molecule has 1 aromatic carbocycles. The lowest BCUT2D eigenvalue weighted by molar-refractivity contribution is -0.202. The summed E-state index contributed by atoms with van der Waals surface area (Å²) in [7, 11) is 0. The molecular formula is C29H36O5. The van der Waals surface area contributed by atoms with Gasteiger partial charge in [0.1, 0.15) is 5.75 Å². The average Bonchev–Trinajstić information content (AvgIpc) is 3.17. The van der Waals surface area contributed by atoms with Crippen molar-refractivity contribution in [3.8, 4) is 5.75 Å². The quantitative estimate of drug-likeness (QED) is 0.430. The molecule has 5 rings (SSSR count). The number of hydrogen-bond acceptors (Lipinski definition) is 5. The van der Waals surface area contributed by atoms with Crippen LogP contribution in [0, 0.1) is 46.3 Å². The Morgan fingerprint density at radius 3 is 2.35 bits per heavy atom. The van der Waals surface area contributed by atoms with Gasteiger partial charge < -0.3 is 9.47 Å². The van der Waals surface area contributed by atoms with Crippen LogP contribution in [0.25, 0.3) is 0 Å². The van der Waals surface area contributed by atoms with Crippen molar-refractivity contribution in [1.29, 1.82) is 0 Å². The zero-order valence-electron chi connectivity index (χ0n) is 21.0. The fourth-order valence-corrected chi connectivity index (χ4v) is 8.42. The van der Waals surface area contributed by atoms with Gasteiger partial charge in [-0.25, -0.2) is 0 Å². The number of esters is 2. The summed E-state index contributed by atoms with van der Waals surface area (Å²) in [5.74, 6) is 0.0443. The molecule has 5 nitrogen and oxygen atoms in total. The van der Waals surface area contributed by atoms with Gasteiger partial charge in [-0.05, 0) is 73.5 Å². The number of ketones is 1. The van der Waals surface area contributed by atoms with Gasteiger partial charge in [-0.2, -0.15) is 0 Å². The van der Waals surface area contributed by atoms with Crippen molar-refractivity contribution in [2.45, 2.75) is 66.7 Å².